The predicted molar refractivity (Wildman–Crippen MR) is 215 cm³/mol. The Hall–Kier alpha value is -1.25. The van der Waals surface area contributed by atoms with Crippen molar-refractivity contribution in [2.75, 3.05) is 26.4 Å². The first-order valence-corrected chi connectivity index (χ1v) is 23.2. The van der Waals surface area contributed by atoms with Crippen molar-refractivity contribution in [3.63, 3.8) is 0 Å². The number of hydrogen-bond acceptors (Lipinski definition) is 7. The normalized spacial score (nSPS) is 13.4. The molecule has 3 N–H and O–H groups in total. The Morgan fingerprint density at radius 2 is 0.981 bits per heavy atom. The average Bonchev–Trinajstić information content (AvgIpc) is 3.13. The van der Waals surface area contributed by atoms with Crippen molar-refractivity contribution in [2.24, 2.45) is 0 Å². The number of carbonyl (C=O) groups is 2. The molecule has 10 heteroatoms. The number of phosphoric acid groups is 1. The number of amides is 1. The van der Waals surface area contributed by atoms with Gasteiger partial charge in [-0.05, 0) is 38.5 Å². The van der Waals surface area contributed by atoms with Crippen LogP contribution in [-0.2, 0) is 27.9 Å². The van der Waals surface area contributed by atoms with E-state index in [0.29, 0.717) is 6.42 Å². The minimum Gasteiger partial charge on any atom is -0.463 e. The van der Waals surface area contributed by atoms with Crippen LogP contribution >= 0.6 is 7.82 Å². The number of esters is 1. The molecule has 52 heavy (non-hydrogen) atoms. The quantitative estimate of drug-likeness (QED) is 0.0243. The number of rotatable bonds is 41. The molecule has 2 unspecified atom stereocenters. The van der Waals surface area contributed by atoms with Crippen molar-refractivity contribution in [2.45, 2.75) is 219 Å². The van der Waals surface area contributed by atoms with Crippen LogP contribution in [0.1, 0.15) is 213 Å². The number of aliphatic hydroxyl groups is 1. The third kappa shape index (κ3) is 39.9. The molecule has 2 atom stereocenters. The van der Waals surface area contributed by atoms with Crippen LogP contribution in [0.5, 0.6) is 0 Å². The number of carbonyl (C=O) groups excluding carboxylic acids is 2. The van der Waals surface area contributed by atoms with Gasteiger partial charge < -0.3 is 20.1 Å². The maximum absolute atomic E-state index is 12.1. The van der Waals surface area contributed by atoms with Gasteiger partial charge in [0.15, 0.2) is 0 Å². The monoisotopic (exact) mass is 760 g/mol. The maximum atomic E-state index is 12.1. The number of unbranched alkanes of at least 4 members (excludes halogenated alkanes) is 26. The largest absolute Gasteiger partial charge is 0.472 e. The van der Waals surface area contributed by atoms with Crippen LogP contribution in [0.2, 0.25) is 0 Å². The molecule has 0 aliphatic heterocycles. The molecule has 0 saturated carbocycles. The molecule has 0 rings (SSSR count). The van der Waals surface area contributed by atoms with E-state index in [1.165, 1.54) is 141 Å². The molecule has 0 spiro atoms. The number of hydrogen-bond donors (Lipinski definition) is 3. The van der Waals surface area contributed by atoms with E-state index in [1.807, 2.05) is 0 Å². The van der Waals surface area contributed by atoms with Crippen molar-refractivity contribution in [1.82, 2.24) is 5.32 Å². The van der Waals surface area contributed by atoms with E-state index in [4.69, 9.17) is 13.8 Å². The first-order chi connectivity index (χ1) is 25.3. The fourth-order valence-electron chi connectivity index (χ4n) is 6.14. The molecule has 0 aromatic heterocycles. The standard InChI is InChI=1S/C42H82NO8P/c1-3-5-7-9-11-13-15-17-19-20-21-23-25-27-29-31-33-35-42(46)49-38-40(44)39-51-52(47,48)50-37-36-43-41(45)34-32-30-28-26-24-22-18-16-14-12-10-8-6-4-2/h16,18,40,44H,3-15,17,19-39H2,1-2H3,(H,43,45)(H,47,48)/b18-16-. The van der Waals surface area contributed by atoms with Gasteiger partial charge in [0.1, 0.15) is 12.7 Å². The van der Waals surface area contributed by atoms with E-state index in [9.17, 15) is 24.2 Å². The second-order valence-corrected chi connectivity index (χ2v) is 16.1. The molecule has 0 aliphatic carbocycles. The molecule has 0 aromatic rings. The Morgan fingerprint density at radius 3 is 1.44 bits per heavy atom. The van der Waals surface area contributed by atoms with Crippen molar-refractivity contribution in [1.29, 1.82) is 0 Å². The smallest absolute Gasteiger partial charge is 0.463 e. The second kappa shape index (κ2) is 39.4. The minimum atomic E-state index is -4.41. The van der Waals surface area contributed by atoms with E-state index in [2.05, 4.69) is 31.3 Å². The van der Waals surface area contributed by atoms with E-state index in [-0.39, 0.29) is 32.1 Å². The van der Waals surface area contributed by atoms with Crippen LogP contribution in [0.4, 0.5) is 0 Å². The molecule has 9 nitrogen and oxygen atoms in total. The number of nitrogens with one attached hydrogen (secondary N) is 1. The van der Waals surface area contributed by atoms with Gasteiger partial charge in [0, 0.05) is 19.4 Å². The van der Waals surface area contributed by atoms with Gasteiger partial charge in [-0.1, -0.05) is 174 Å². The Kier molecular flexibility index (Phi) is 38.5. The molecular weight excluding hydrogens is 677 g/mol. The highest BCUT2D eigenvalue weighted by Gasteiger charge is 2.23. The number of allylic oxidation sites excluding steroid dienone is 2. The van der Waals surface area contributed by atoms with Crippen LogP contribution in [0.3, 0.4) is 0 Å². The second-order valence-electron chi connectivity index (χ2n) is 14.7. The van der Waals surface area contributed by atoms with Crippen molar-refractivity contribution in [3.05, 3.63) is 12.2 Å². The van der Waals surface area contributed by atoms with Crippen molar-refractivity contribution < 1.29 is 37.9 Å². The summed E-state index contributed by atoms with van der Waals surface area (Å²) in [5.41, 5.74) is 0. The zero-order chi connectivity index (χ0) is 38.2. The van der Waals surface area contributed by atoms with E-state index in [0.717, 1.165) is 44.9 Å². The van der Waals surface area contributed by atoms with Crippen LogP contribution in [0.15, 0.2) is 12.2 Å². The zero-order valence-electron chi connectivity index (χ0n) is 33.8. The maximum Gasteiger partial charge on any atom is 0.472 e. The molecule has 0 fully saturated rings. The fourth-order valence-corrected chi connectivity index (χ4v) is 6.90. The fraction of sp³-hybridized carbons (Fsp3) is 0.905. The van der Waals surface area contributed by atoms with Gasteiger partial charge in [-0.15, -0.1) is 0 Å². The molecule has 0 aromatic carbocycles. The minimum absolute atomic E-state index is 0.0806. The summed E-state index contributed by atoms with van der Waals surface area (Å²) < 4.78 is 26.9. The first kappa shape index (κ1) is 50.8. The van der Waals surface area contributed by atoms with Gasteiger partial charge in [-0.3, -0.25) is 18.6 Å². The lowest BCUT2D eigenvalue weighted by molar-refractivity contribution is -0.147. The Bertz CT molecular complexity index is 871. The van der Waals surface area contributed by atoms with Gasteiger partial charge in [-0.2, -0.15) is 0 Å². The van der Waals surface area contributed by atoms with E-state index in [1.54, 1.807) is 0 Å². The highest BCUT2D eigenvalue weighted by Crippen LogP contribution is 2.42. The van der Waals surface area contributed by atoms with Crippen molar-refractivity contribution >= 4 is 19.7 Å². The van der Waals surface area contributed by atoms with Crippen LogP contribution in [0.25, 0.3) is 0 Å². The summed E-state index contributed by atoms with van der Waals surface area (Å²) in [5.74, 6) is -0.517. The summed E-state index contributed by atoms with van der Waals surface area (Å²) in [6.45, 7) is 3.56. The van der Waals surface area contributed by atoms with Crippen LogP contribution in [-0.4, -0.2) is 54.3 Å². The van der Waals surface area contributed by atoms with E-state index >= 15 is 0 Å². The first-order valence-electron chi connectivity index (χ1n) is 21.7. The lowest BCUT2D eigenvalue weighted by Gasteiger charge is -2.15. The summed E-state index contributed by atoms with van der Waals surface area (Å²) in [4.78, 5) is 33.9. The summed E-state index contributed by atoms with van der Waals surface area (Å²) in [5, 5.41) is 12.7. The summed E-state index contributed by atoms with van der Waals surface area (Å²) in [7, 11) is -4.41. The molecule has 1 amide bonds. The Labute approximate surface area is 319 Å². The van der Waals surface area contributed by atoms with Gasteiger partial charge in [0.25, 0.3) is 0 Å². The molecular formula is C42H82NO8P. The highest BCUT2D eigenvalue weighted by molar-refractivity contribution is 7.47. The van der Waals surface area contributed by atoms with Gasteiger partial charge >= 0.3 is 13.8 Å². The Morgan fingerprint density at radius 1 is 0.577 bits per heavy atom. The van der Waals surface area contributed by atoms with Gasteiger partial charge in [0.05, 0.1) is 13.2 Å². The number of ether oxygens (including phenoxy) is 1. The summed E-state index contributed by atoms with van der Waals surface area (Å²) in [6.07, 6.45) is 39.9. The SMILES string of the molecule is CCCCCCC/C=C\CCCCCCCC(=O)NCCOP(=O)(O)OCC(O)COC(=O)CCCCCCCCCCCCCCCCCCC. The predicted octanol–water partition coefficient (Wildman–Crippen LogP) is 11.8. The van der Waals surface area contributed by atoms with Crippen molar-refractivity contribution in [3.8, 4) is 0 Å². The third-order valence-electron chi connectivity index (χ3n) is 9.45. The zero-order valence-corrected chi connectivity index (χ0v) is 34.7. The van der Waals surface area contributed by atoms with Crippen LogP contribution < -0.4 is 5.32 Å². The number of aliphatic hydroxyl groups excluding tert-OH is 1. The lowest BCUT2D eigenvalue weighted by Crippen LogP contribution is -2.27. The average molecular weight is 760 g/mol. The highest BCUT2D eigenvalue weighted by atomic mass is 31.2. The third-order valence-corrected chi connectivity index (χ3v) is 10.4. The summed E-state index contributed by atoms with van der Waals surface area (Å²) >= 11 is 0. The topological polar surface area (TPSA) is 131 Å². The molecule has 308 valence electrons. The molecule has 0 aliphatic rings. The Balaban J connectivity index is 3.57. The molecule has 0 saturated heterocycles. The molecule has 0 heterocycles. The van der Waals surface area contributed by atoms with E-state index < -0.39 is 26.5 Å². The van der Waals surface area contributed by atoms with Gasteiger partial charge in [-0.25, -0.2) is 4.57 Å². The van der Waals surface area contributed by atoms with Gasteiger partial charge in [0.2, 0.25) is 5.91 Å². The molecule has 0 bridgehead atoms. The number of phosphoric ester groups is 1. The summed E-state index contributed by atoms with van der Waals surface area (Å²) in [6, 6.07) is 0. The lowest BCUT2D eigenvalue weighted by atomic mass is 10.0. The molecule has 0 radical (unpaired) electrons. The van der Waals surface area contributed by atoms with Crippen LogP contribution in [0, 0.1) is 0 Å².